The van der Waals surface area contributed by atoms with Gasteiger partial charge in [-0.3, -0.25) is 4.98 Å². The predicted molar refractivity (Wildman–Crippen MR) is 77.1 cm³/mol. The number of pyridine rings is 1. The van der Waals surface area contributed by atoms with Gasteiger partial charge >= 0.3 is 0 Å². The topological polar surface area (TPSA) is 41.9 Å². The number of benzene rings is 1. The first-order valence-corrected chi connectivity index (χ1v) is 6.21. The van der Waals surface area contributed by atoms with Crippen molar-refractivity contribution in [3.05, 3.63) is 48.4 Å². The molecule has 0 aliphatic heterocycles. The summed E-state index contributed by atoms with van der Waals surface area (Å²) in [5, 5.41) is 9.03. The highest BCUT2D eigenvalue weighted by atomic mass is 19.1. The average Bonchev–Trinajstić information content (AvgIpc) is 2.46. The Morgan fingerprint density at radius 3 is 2.60 bits per heavy atom. The van der Waals surface area contributed by atoms with Crippen molar-refractivity contribution >= 4 is 16.7 Å². The van der Waals surface area contributed by atoms with Crippen LogP contribution in [0.5, 0.6) is 0 Å². The van der Waals surface area contributed by atoms with Gasteiger partial charge in [-0.15, -0.1) is 10.2 Å². The molecular weight excluding hydrogens is 255 g/mol. The van der Waals surface area contributed by atoms with E-state index in [1.807, 2.05) is 37.2 Å². The second-order valence-electron chi connectivity index (χ2n) is 4.70. The maximum Gasteiger partial charge on any atom is 0.150 e. The quantitative estimate of drug-likeness (QED) is 0.716. The van der Waals surface area contributed by atoms with Crippen LogP contribution in [0.1, 0.15) is 0 Å². The van der Waals surface area contributed by atoms with Gasteiger partial charge in [0.1, 0.15) is 5.82 Å². The van der Waals surface area contributed by atoms with Crippen LogP contribution in [0.4, 0.5) is 10.2 Å². The second-order valence-corrected chi connectivity index (χ2v) is 4.70. The van der Waals surface area contributed by atoms with Gasteiger partial charge in [0.2, 0.25) is 0 Å². The smallest absolute Gasteiger partial charge is 0.150 e. The van der Waals surface area contributed by atoms with Gasteiger partial charge in [0.25, 0.3) is 0 Å². The van der Waals surface area contributed by atoms with E-state index in [2.05, 4.69) is 15.2 Å². The number of rotatable bonds is 2. The Balaban J connectivity index is 2.18. The molecule has 0 aliphatic carbocycles. The van der Waals surface area contributed by atoms with E-state index in [1.165, 1.54) is 12.1 Å². The Kier molecular flexibility index (Phi) is 3.02. The van der Waals surface area contributed by atoms with Gasteiger partial charge in [0, 0.05) is 31.2 Å². The fraction of sp³-hybridized carbons (Fsp3) is 0.133. The summed E-state index contributed by atoms with van der Waals surface area (Å²) in [7, 11) is 3.78. The van der Waals surface area contributed by atoms with E-state index in [1.54, 1.807) is 12.3 Å². The van der Waals surface area contributed by atoms with E-state index < -0.39 is 0 Å². The minimum atomic E-state index is -0.306. The summed E-state index contributed by atoms with van der Waals surface area (Å²) in [6.45, 7) is 0. The van der Waals surface area contributed by atoms with E-state index in [0.29, 0.717) is 11.3 Å². The predicted octanol–water partition coefficient (Wildman–Crippen LogP) is 2.90. The van der Waals surface area contributed by atoms with Crippen molar-refractivity contribution in [3.8, 4) is 11.3 Å². The fourth-order valence-electron chi connectivity index (χ4n) is 2.06. The fourth-order valence-corrected chi connectivity index (χ4v) is 2.06. The van der Waals surface area contributed by atoms with Crippen LogP contribution in [0.25, 0.3) is 22.2 Å². The first-order chi connectivity index (χ1) is 9.65. The van der Waals surface area contributed by atoms with Gasteiger partial charge in [-0.1, -0.05) is 6.07 Å². The molecule has 2 aromatic heterocycles. The Labute approximate surface area is 115 Å². The van der Waals surface area contributed by atoms with Gasteiger partial charge in [-0.25, -0.2) is 4.39 Å². The molecule has 0 unspecified atom stereocenters. The molecule has 0 atom stereocenters. The first kappa shape index (κ1) is 12.5. The summed E-state index contributed by atoms with van der Waals surface area (Å²) in [6, 6.07) is 10.2. The number of fused-ring (bicyclic) bond motifs is 1. The summed E-state index contributed by atoms with van der Waals surface area (Å²) in [6.07, 6.45) is 1.69. The van der Waals surface area contributed by atoms with Crippen molar-refractivity contribution in [1.82, 2.24) is 15.2 Å². The molecule has 3 rings (SSSR count). The first-order valence-electron chi connectivity index (χ1n) is 6.21. The van der Waals surface area contributed by atoms with E-state index in [-0.39, 0.29) is 5.82 Å². The number of anilines is 1. The highest BCUT2D eigenvalue weighted by molar-refractivity contribution is 5.92. The number of nitrogens with zero attached hydrogens (tertiary/aromatic N) is 4. The summed E-state index contributed by atoms with van der Waals surface area (Å²) in [5.41, 5.74) is 1.98. The molecule has 0 bridgehead atoms. The van der Waals surface area contributed by atoms with Crippen LogP contribution in [0, 0.1) is 5.82 Å². The molecule has 0 amide bonds. The molecule has 20 heavy (non-hydrogen) atoms. The van der Waals surface area contributed by atoms with Crippen molar-refractivity contribution in [2.45, 2.75) is 0 Å². The largest absolute Gasteiger partial charge is 0.361 e. The molecule has 4 nitrogen and oxygen atoms in total. The third-order valence-corrected chi connectivity index (χ3v) is 3.05. The van der Waals surface area contributed by atoms with Gasteiger partial charge in [0.05, 0.1) is 11.2 Å². The summed E-state index contributed by atoms with van der Waals surface area (Å²) in [5.74, 6) is 0.446. The zero-order valence-electron chi connectivity index (χ0n) is 11.2. The molecule has 2 heterocycles. The van der Waals surface area contributed by atoms with Crippen LogP contribution in [-0.2, 0) is 0 Å². The Morgan fingerprint density at radius 2 is 1.90 bits per heavy atom. The van der Waals surface area contributed by atoms with Crippen LogP contribution in [0.3, 0.4) is 0 Å². The molecule has 0 fully saturated rings. The lowest BCUT2D eigenvalue weighted by Gasteiger charge is -2.10. The Bertz CT molecular complexity index is 753. The van der Waals surface area contributed by atoms with Crippen molar-refractivity contribution in [2.75, 3.05) is 19.0 Å². The van der Waals surface area contributed by atoms with Crippen LogP contribution in [0.2, 0.25) is 0 Å². The van der Waals surface area contributed by atoms with E-state index >= 15 is 0 Å². The third-order valence-electron chi connectivity index (χ3n) is 3.05. The zero-order chi connectivity index (χ0) is 14.1. The number of aromatic nitrogens is 3. The van der Waals surface area contributed by atoms with E-state index in [4.69, 9.17) is 0 Å². The number of hydrogen-bond acceptors (Lipinski definition) is 4. The average molecular weight is 268 g/mol. The number of hydrogen-bond donors (Lipinski definition) is 0. The lowest BCUT2D eigenvalue weighted by atomic mass is 10.1. The summed E-state index contributed by atoms with van der Waals surface area (Å²) in [4.78, 5) is 6.17. The van der Waals surface area contributed by atoms with Gasteiger partial charge in [-0.2, -0.15) is 0 Å². The van der Waals surface area contributed by atoms with Crippen LogP contribution >= 0.6 is 0 Å². The van der Waals surface area contributed by atoms with Crippen LogP contribution in [-0.4, -0.2) is 29.3 Å². The molecular formula is C15H13FN4. The zero-order valence-corrected chi connectivity index (χ0v) is 11.2. The third kappa shape index (κ3) is 2.18. The molecule has 0 radical (unpaired) electrons. The van der Waals surface area contributed by atoms with Crippen molar-refractivity contribution in [1.29, 1.82) is 0 Å². The molecule has 3 aromatic rings. The van der Waals surface area contributed by atoms with Crippen LogP contribution in [0.15, 0.2) is 42.6 Å². The van der Waals surface area contributed by atoms with E-state index in [9.17, 15) is 4.39 Å². The molecule has 0 spiro atoms. The normalized spacial score (nSPS) is 10.8. The highest BCUT2D eigenvalue weighted by Gasteiger charge is 2.10. The number of halogens is 1. The van der Waals surface area contributed by atoms with E-state index in [0.717, 1.165) is 16.7 Å². The van der Waals surface area contributed by atoms with Crippen LogP contribution < -0.4 is 4.90 Å². The van der Waals surface area contributed by atoms with Crippen molar-refractivity contribution in [3.63, 3.8) is 0 Å². The maximum atomic E-state index is 13.7. The second kappa shape index (κ2) is 4.85. The monoisotopic (exact) mass is 268 g/mol. The van der Waals surface area contributed by atoms with Crippen molar-refractivity contribution < 1.29 is 4.39 Å². The lowest BCUT2D eigenvalue weighted by Crippen LogP contribution is -2.11. The SMILES string of the molecule is CN(C)c1ccc(-c2cc(F)cc3cccnc23)nn1. The minimum Gasteiger partial charge on any atom is -0.361 e. The highest BCUT2D eigenvalue weighted by Crippen LogP contribution is 2.27. The summed E-state index contributed by atoms with van der Waals surface area (Å²) < 4.78 is 13.7. The lowest BCUT2D eigenvalue weighted by molar-refractivity contribution is 0.630. The summed E-state index contributed by atoms with van der Waals surface area (Å²) >= 11 is 0. The standard InChI is InChI=1S/C15H13FN4/c1-20(2)14-6-5-13(18-19-14)12-9-11(16)8-10-4-3-7-17-15(10)12/h3-9H,1-2H3. The minimum absolute atomic E-state index is 0.306. The Morgan fingerprint density at radius 1 is 1.05 bits per heavy atom. The Hall–Kier alpha value is -2.56. The molecule has 0 saturated carbocycles. The molecule has 100 valence electrons. The molecule has 0 aliphatic rings. The van der Waals surface area contributed by atoms with Crippen molar-refractivity contribution in [2.24, 2.45) is 0 Å². The molecule has 0 saturated heterocycles. The van der Waals surface area contributed by atoms with Gasteiger partial charge in [0.15, 0.2) is 5.82 Å². The maximum absolute atomic E-state index is 13.7. The molecule has 0 N–H and O–H groups in total. The molecule has 5 heteroatoms. The molecule has 1 aromatic carbocycles. The van der Waals surface area contributed by atoms with Gasteiger partial charge < -0.3 is 4.90 Å². The van der Waals surface area contributed by atoms with Gasteiger partial charge in [-0.05, 0) is 30.3 Å².